The fraction of sp³-hybridized carbons (Fsp3) is 0.600. The summed E-state index contributed by atoms with van der Waals surface area (Å²) in [5.74, 6) is 0.829. The van der Waals surface area contributed by atoms with Crippen LogP contribution in [-0.4, -0.2) is 65.1 Å². The molecule has 0 fully saturated rings. The molecule has 0 atom stereocenters. The molecule has 9 heteroatoms. The molecule has 222 valence electrons. The minimum atomic E-state index is -0.911. The molecule has 0 bridgehead atoms. The fourth-order valence-corrected chi connectivity index (χ4v) is 5.26. The lowest BCUT2D eigenvalue weighted by Crippen LogP contribution is -2.39. The minimum Gasteiger partial charge on any atom is -0.441 e. The lowest BCUT2D eigenvalue weighted by atomic mass is 10.2. The van der Waals surface area contributed by atoms with E-state index in [9.17, 15) is 9.59 Å². The van der Waals surface area contributed by atoms with Gasteiger partial charge in [-0.3, -0.25) is 4.79 Å². The van der Waals surface area contributed by atoms with Crippen molar-refractivity contribution in [3.05, 3.63) is 60.8 Å². The zero-order valence-electron chi connectivity index (χ0n) is 24.0. The Bertz CT molecular complexity index is 775. The topological polar surface area (TPSA) is 108 Å². The van der Waals surface area contributed by atoms with Gasteiger partial charge in [0.1, 0.15) is 6.10 Å². The van der Waals surface area contributed by atoms with Gasteiger partial charge in [0, 0.05) is 30.0 Å². The van der Waals surface area contributed by atoms with E-state index in [1.807, 2.05) is 13.8 Å². The Hall–Kier alpha value is -1.94. The van der Waals surface area contributed by atoms with Crippen LogP contribution in [0.2, 0.25) is 0 Å². The highest BCUT2D eigenvalue weighted by molar-refractivity contribution is 8.77. The molecule has 7 nitrogen and oxygen atoms in total. The molecule has 0 aliphatic rings. The molecule has 0 aliphatic carbocycles. The van der Waals surface area contributed by atoms with E-state index in [4.69, 9.17) is 14.9 Å². The SMILES string of the molecule is CC/C=C\C/C=C\C/C=C\C/C=C\C/C=C\CCCC(=O)NCCSSC(C)(C)CNC(=O)OC(CO)CO. The molecule has 0 aromatic rings. The monoisotopic (exact) mass is 582 g/mol. The van der Waals surface area contributed by atoms with E-state index in [2.05, 4.69) is 78.3 Å². The quantitative estimate of drug-likeness (QED) is 0.0639. The average molecular weight is 583 g/mol. The summed E-state index contributed by atoms with van der Waals surface area (Å²) in [5, 5.41) is 23.5. The Morgan fingerprint density at radius 2 is 1.38 bits per heavy atom. The molecule has 0 aromatic heterocycles. The summed E-state index contributed by atoms with van der Waals surface area (Å²) < 4.78 is 4.64. The number of hydrogen-bond donors (Lipinski definition) is 4. The Morgan fingerprint density at radius 1 is 0.846 bits per heavy atom. The van der Waals surface area contributed by atoms with Crippen molar-refractivity contribution in [3.63, 3.8) is 0 Å². The number of nitrogens with one attached hydrogen (secondary N) is 2. The van der Waals surface area contributed by atoms with Gasteiger partial charge in [-0.25, -0.2) is 4.79 Å². The first-order valence-corrected chi connectivity index (χ1v) is 16.1. The molecule has 0 aromatic carbocycles. The number of hydrogen-bond acceptors (Lipinski definition) is 7. The normalized spacial score (nSPS) is 12.7. The third kappa shape index (κ3) is 26.1. The van der Waals surface area contributed by atoms with Crippen LogP contribution < -0.4 is 10.6 Å². The van der Waals surface area contributed by atoms with Crippen molar-refractivity contribution in [1.82, 2.24) is 10.6 Å². The van der Waals surface area contributed by atoms with Gasteiger partial charge < -0.3 is 25.6 Å². The van der Waals surface area contributed by atoms with Gasteiger partial charge in [0.05, 0.1) is 13.2 Å². The van der Waals surface area contributed by atoms with Gasteiger partial charge in [0.25, 0.3) is 0 Å². The number of unbranched alkanes of at least 4 members (excludes halogenated alkanes) is 1. The van der Waals surface area contributed by atoms with Crippen LogP contribution in [0.15, 0.2) is 60.8 Å². The highest BCUT2D eigenvalue weighted by atomic mass is 33.1. The average Bonchev–Trinajstić information content (AvgIpc) is 2.92. The Labute approximate surface area is 244 Å². The molecule has 0 radical (unpaired) electrons. The van der Waals surface area contributed by atoms with Crippen molar-refractivity contribution in [2.24, 2.45) is 0 Å². The molecule has 0 aliphatic heterocycles. The summed E-state index contributed by atoms with van der Waals surface area (Å²) in [6.07, 6.45) is 27.4. The maximum atomic E-state index is 12.0. The number of amides is 2. The van der Waals surface area contributed by atoms with E-state index in [0.29, 0.717) is 19.5 Å². The van der Waals surface area contributed by atoms with Gasteiger partial charge in [0.2, 0.25) is 5.91 Å². The van der Waals surface area contributed by atoms with E-state index in [0.717, 1.165) is 50.7 Å². The smallest absolute Gasteiger partial charge is 0.407 e. The van der Waals surface area contributed by atoms with Crippen LogP contribution in [0.3, 0.4) is 0 Å². The second-order valence-electron chi connectivity index (χ2n) is 9.36. The number of carbonyl (C=O) groups is 2. The van der Waals surface area contributed by atoms with E-state index < -0.39 is 25.4 Å². The number of ether oxygens (including phenoxy) is 1. The number of aliphatic hydroxyl groups is 2. The standard InChI is InChI=1S/C30H50N2O5S2/c1-4-5-6-7-8-9-10-11-12-13-14-15-16-17-18-19-20-21-28(35)31-22-23-38-39-30(2,3)26-32-29(36)37-27(24-33)25-34/h5-6,8-9,11-12,14-15,17-18,27,33-34H,4,7,10,13,16,19-26H2,1-3H3,(H,31,35)(H,32,36)/b6-5-,9-8-,12-11-,15-14-,18-17-. The van der Waals surface area contributed by atoms with Gasteiger partial charge in [-0.15, -0.1) is 0 Å². The number of carbonyl (C=O) groups excluding carboxylic acids is 2. The second kappa shape index (κ2) is 26.3. The van der Waals surface area contributed by atoms with Crippen LogP contribution in [0.1, 0.15) is 72.1 Å². The molecule has 0 spiro atoms. The zero-order chi connectivity index (χ0) is 29.0. The number of rotatable bonds is 23. The third-order valence-corrected chi connectivity index (χ3v) is 8.36. The summed E-state index contributed by atoms with van der Waals surface area (Å²) >= 11 is 0. The van der Waals surface area contributed by atoms with E-state index >= 15 is 0 Å². The zero-order valence-corrected chi connectivity index (χ0v) is 25.6. The van der Waals surface area contributed by atoms with Crippen molar-refractivity contribution < 1.29 is 24.5 Å². The maximum Gasteiger partial charge on any atom is 0.407 e. The van der Waals surface area contributed by atoms with Crippen LogP contribution in [0, 0.1) is 0 Å². The summed E-state index contributed by atoms with van der Waals surface area (Å²) in [4.78, 5) is 23.7. The molecule has 0 unspecified atom stereocenters. The molecule has 39 heavy (non-hydrogen) atoms. The van der Waals surface area contributed by atoms with Crippen molar-refractivity contribution in [1.29, 1.82) is 0 Å². The van der Waals surface area contributed by atoms with Crippen molar-refractivity contribution in [3.8, 4) is 0 Å². The highest BCUT2D eigenvalue weighted by Gasteiger charge is 2.21. The predicted octanol–water partition coefficient (Wildman–Crippen LogP) is 6.26. The number of alkyl carbamates (subject to hydrolysis) is 1. The molecule has 0 saturated carbocycles. The molecule has 0 saturated heterocycles. The van der Waals surface area contributed by atoms with Gasteiger partial charge in [-0.2, -0.15) is 0 Å². The largest absolute Gasteiger partial charge is 0.441 e. The van der Waals surface area contributed by atoms with Crippen LogP contribution in [0.25, 0.3) is 0 Å². The number of allylic oxidation sites excluding steroid dienone is 10. The van der Waals surface area contributed by atoms with Gasteiger partial charge in [0.15, 0.2) is 0 Å². The molecule has 0 heterocycles. The van der Waals surface area contributed by atoms with Crippen molar-refractivity contribution in [2.75, 3.05) is 32.1 Å². The molecular weight excluding hydrogens is 532 g/mol. The Morgan fingerprint density at radius 3 is 1.92 bits per heavy atom. The minimum absolute atomic E-state index is 0.0685. The molecule has 2 amide bonds. The van der Waals surface area contributed by atoms with Crippen LogP contribution in [-0.2, 0) is 9.53 Å². The van der Waals surface area contributed by atoms with Crippen LogP contribution >= 0.6 is 21.6 Å². The lowest BCUT2D eigenvalue weighted by Gasteiger charge is -2.24. The van der Waals surface area contributed by atoms with E-state index in [-0.39, 0.29) is 10.7 Å². The predicted molar refractivity (Wildman–Crippen MR) is 168 cm³/mol. The van der Waals surface area contributed by atoms with Gasteiger partial charge in [-0.1, -0.05) is 89.3 Å². The summed E-state index contributed by atoms with van der Waals surface area (Å²) in [5.41, 5.74) is 0. The second-order valence-corrected chi connectivity index (χ2v) is 12.5. The van der Waals surface area contributed by atoms with E-state index in [1.165, 1.54) is 0 Å². The summed E-state index contributed by atoms with van der Waals surface area (Å²) in [6.45, 7) is 6.25. The first-order valence-electron chi connectivity index (χ1n) is 13.8. The highest BCUT2D eigenvalue weighted by Crippen LogP contribution is 2.34. The summed E-state index contributed by atoms with van der Waals surface area (Å²) in [6, 6.07) is 0. The Kier molecular flexibility index (Phi) is 25.0. The first-order chi connectivity index (χ1) is 18.8. The van der Waals surface area contributed by atoms with Crippen molar-refractivity contribution >= 4 is 33.6 Å². The van der Waals surface area contributed by atoms with Crippen molar-refractivity contribution in [2.45, 2.75) is 83.0 Å². The lowest BCUT2D eigenvalue weighted by molar-refractivity contribution is -0.121. The fourth-order valence-electron chi connectivity index (χ4n) is 2.91. The van der Waals surface area contributed by atoms with Gasteiger partial charge >= 0.3 is 6.09 Å². The maximum absolute atomic E-state index is 12.0. The molecule has 4 N–H and O–H groups in total. The summed E-state index contributed by atoms with van der Waals surface area (Å²) in [7, 11) is 3.25. The van der Waals surface area contributed by atoms with Crippen LogP contribution in [0.4, 0.5) is 4.79 Å². The Balaban J connectivity index is 3.72. The molecule has 0 rings (SSSR count). The molecular formula is C30H50N2O5S2. The van der Waals surface area contributed by atoms with E-state index in [1.54, 1.807) is 21.6 Å². The van der Waals surface area contributed by atoms with Gasteiger partial charge in [-0.05, 0) is 58.8 Å². The number of aliphatic hydroxyl groups excluding tert-OH is 2. The first kappa shape index (κ1) is 37.1. The van der Waals surface area contributed by atoms with Crippen LogP contribution in [0.5, 0.6) is 0 Å². The third-order valence-electron chi connectivity index (χ3n) is 5.06.